The molecule has 0 saturated carbocycles. The summed E-state index contributed by atoms with van der Waals surface area (Å²) in [7, 11) is 0. The highest BCUT2D eigenvalue weighted by molar-refractivity contribution is 5.76. The van der Waals surface area contributed by atoms with Crippen LogP contribution in [0.3, 0.4) is 0 Å². The van der Waals surface area contributed by atoms with Crippen LogP contribution in [-0.2, 0) is 17.9 Å². The Labute approximate surface area is 159 Å². The van der Waals surface area contributed by atoms with Crippen molar-refractivity contribution >= 4 is 5.91 Å². The summed E-state index contributed by atoms with van der Waals surface area (Å²) in [6.45, 7) is 12.3. The monoisotopic (exact) mass is 354 g/mol. The van der Waals surface area contributed by atoms with E-state index in [2.05, 4.69) is 86.7 Å². The third-order valence-corrected chi connectivity index (χ3v) is 5.21. The van der Waals surface area contributed by atoms with E-state index in [0.717, 1.165) is 19.4 Å². The van der Waals surface area contributed by atoms with E-state index in [-0.39, 0.29) is 11.9 Å². The lowest BCUT2D eigenvalue weighted by atomic mass is 10.0. The first-order valence-electron chi connectivity index (χ1n) is 9.91. The zero-order valence-corrected chi connectivity index (χ0v) is 17.0. The van der Waals surface area contributed by atoms with Crippen LogP contribution in [0.1, 0.15) is 63.8 Å². The SMILES string of the molecule is CCCCC(=O)N(Cc1cccn1Cc1cccc(C)c1)[C@@H](C)C(C)C. The number of aromatic nitrogens is 1. The first-order chi connectivity index (χ1) is 12.4. The Balaban J connectivity index is 2.18. The van der Waals surface area contributed by atoms with Crippen LogP contribution in [0.25, 0.3) is 0 Å². The molecule has 1 atom stereocenters. The molecule has 0 spiro atoms. The minimum absolute atomic E-state index is 0.238. The van der Waals surface area contributed by atoms with E-state index < -0.39 is 0 Å². The molecule has 142 valence electrons. The van der Waals surface area contributed by atoms with Gasteiger partial charge in [-0.15, -0.1) is 0 Å². The lowest BCUT2D eigenvalue weighted by Gasteiger charge is -2.32. The van der Waals surface area contributed by atoms with Crippen LogP contribution in [0.2, 0.25) is 0 Å². The first-order valence-corrected chi connectivity index (χ1v) is 9.91. The molecule has 2 aromatic rings. The van der Waals surface area contributed by atoms with Crippen molar-refractivity contribution in [2.45, 2.75) is 73.0 Å². The van der Waals surface area contributed by atoms with E-state index in [0.29, 0.717) is 18.9 Å². The van der Waals surface area contributed by atoms with Crippen molar-refractivity contribution in [1.82, 2.24) is 9.47 Å². The standard InChI is InChI=1S/C23H34N2O/c1-6-7-13-23(26)25(20(5)18(2)3)17-22-12-9-14-24(22)16-21-11-8-10-19(4)15-21/h8-12,14-15,18,20H,6-7,13,16-17H2,1-5H3/t20-/m0/s1. The number of benzene rings is 1. The molecule has 0 fully saturated rings. The van der Waals surface area contributed by atoms with Crippen molar-refractivity contribution < 1.29 is 4.79 Å². The first kappa shape index (κ1) is 20.3. The molecule has 3 heteroatoms. The molecule has 0 unspecified atom stereocenters. The predicted octanol–water partition coefficient (Wildman–Crippen LogP) is 5.41. The quantitative estimate of drug-likeness (QED) is 0.591. The summed E-state index contributed by atoms with van der Waals surface area (Å²) in [4.78, 5) is 14.9. The molecule has 0 aliphatic carbocycles. The van der Waals surface area contributed by atoms with Crippen LogP contribution in [0.15, 0.2) is 42.6 Å². The molecule has 2 rings (SSSR count). The summed E-state index contributed by atoms with van der Waals surface area (Å²) < 4.78 is 2.27. The molecule has 26 heavy (non-hydrogen) atoms. The zero-order chi connectivity index (χ0) is 19.1. The summed E-state index contributed by atoms with van der Waals surface area (Å²) in [5, 5.41) is 0. The fraction of sp³-hybridized carbons (Fsp3) is 0.522. The Morgan fingerprint density at radius 1 is 1.15 bits per heavy atom. The Bertz CT molecular complexity index is 702. The molecule has 1 heterocycles. The van der Waals surface area contributed by atoms with Gasteiger partial charge in [0.05, 0.1) is 6.54 Å². The Morgan fingerprint density at radius 3 is 2.58 bits per heavy atom. The molecule has 0 radical (unpaired) electrons. The minimum Gasteiger partial charge on any atom is -0.345 e. The van der Waals surface area contributed by atoms with Crippen LogP contribution in [0.5, 0.6) is 0 Å². The molecule has 0 aliphatic heterocycles. The van der Waals surface area contributed by atoms with Gasteiger partial charge in [0.1, 0.15) is 0 Å². The van der Waals surface area contributed by atoms with Gasteiger partial charge in [-0.25, -0.2) is 0 Å². The fourth-order valence-electron chi connectivity index (χ4n) is 3.22. The third kappa shape index (κ3) is 5.48. The van der Waals surface area contributed by atoms with Crippen molar-refractivity contribution in [3.8, 4) is 0 Å². The zero-order valence-electron chi connectivity index (χ0n) is 17.0. The number of hydrogen-bond acceptors (Lipinski definition) is 1. The smallest absolute Gasteiger partial charge is 0.223 e. The van der Waals surface area contributed by atoms with E-state index in [1.807, 2.05) is 0 Å². The van der Waals surface area contributed by atoms with Gasteiger partial charge in [0, 0.05) is 30.9 Å². The van der Waals surface area contributed by atoms with Crippen molar-refractivity contribution in [1.29, 1.82) is 0 Å². The number of carbonyl (C=O) groups is 1. The van der Waals surface area contributed by atoms with E-state index in [4.69, 9.17) is 0 Å². The largest absolute Gasteiger partial charge is 0.345 e. The summed E-state index contributed by atoms with van der Waals surface area (Å²) in [5.74, 6) is 0.720. The molecule has 0 aliphatic rings. The van der Waals surface area contributed by atoms with E-state index in [1.54, 1.807) is 0 Å². The molecule has 1 aromatic heterocycles. The van der Waals surface area contributed by atoms with E-state index in [1.165, 1.54) is 16.8 Å². The third-order valence-electron chi connectivity index (χ3n) is 5.21. The maximum atomic E-state index is 12.8. The van der Waals surface area contributed by atoms with Crippen molar-refractivity contribution in [2.75, 3.05) is 0 Å². The fourth-order valence-corrected chi connectivity index (χ4v) is 3.22. The van der Waals surface area contributed by atoms with Gasteiger partial charge in [-0.1, -0.05) is 57.0 Å². The lowest BCUT2D eigenvalue weighted by Crippen LogP contribution is -2.41. The highest BCUT2D eigenvalue weighted by Crippen LogP contribution is 2.18. The number of carbonyl (C=O) groups excluding carboxylic acids is 1. The van der Waals surface area contributed by atoms with Crippen molar-refractivity contribution in [3.05, 3.63) is 59.4 Å². The maximum absolute atomic E-state index is 12.8. The molecule has 1 aromatic carbocycles. The van der Waals surface area contributed by atoms with Gasteiger partial charge in [-0.3, -0.25) is 4.79 Å². The predicted molar refractivity (Wildman–Crippen MR) is 109 cm³/mol. The molecule has 3 nitrogen and oxygen atoms in total. The number of hydrogen-bond donors (Lipinski definition) is 0. The van der Waals surface area contributed by atoms with Gasteiger partial charge in [0.2, 0.25) is 5.91 Å². The summed E-state index contributed by atoms with van der Waals surface area (Å²) in [6, 6.07) is 13.1. The van der Waals surface area contributed by atoms with E-state index >= 15 is 0 Å². The molecule has 0 bridgehead atoms. The molecule has 1 amide bonds. The number of nitrogens with zero attached hydrogens (tertiary/aromatic N) is 2. The second-order valence-electron chi connectivity index (χ2n) is 7.73. The number of amides is 1. The van der Waals surface area contributed by atoms with Crippen LogP contribution in [-0.4, -0.2) is 21.4 Å². The average molecular weight is 355 g/mol. The number of unbranched alkanes of at least 4 members (excludes halogenated alkanes) is 1. The second kappa shape index (κ2) is 9.61. The average Bonchev–Trinajstić information content (AvgIpc) is 3.03. The Hall–Kier alpha value is -2.03. The van der Waals surface area contributed by atoms with Crippen LogP contribution < -0.4 is 0 Å². The van der Waals surface area contributed by atoms with Crippen LogP contribution in [0.4, 0.5) is 0 Å². The van der Waals surface area contributed by atoms with Gasteiger partial charge < -0.3 is 9.47 Å². The molecular formula is C23H34N2O. The minimum atomic E-state index is 0.238. The van der Waals surface area contributed by atoms with Gasteiger partial charge in [0.15, 0.2) is 0 Å². The van der Waals surface area contributed by atoms with Crippen LogP contribution in [0, 0.1) is 12.8 Å². The molecule has 0 saturated heterocycles. The van der Waals surface area contributed by atoms with Crippen LogP contribution >= 0.6 is 0 Å². The van der Waals surface area contributed by atoms with Crippen molar-refractivity contribution in [3.63, 3.8) is 0 Å². The van der Waals surface area contributed by atoms with Gasteiger partial charge in [-0.05, 0) is 43.9 Å². The topological polar surface area (TPSA) is 25.2 Å². The number of rotatable bonds is 9. The van der Waals surface area contributed by atoms with E-state index in [9.17, 15) is 4.79 Å². The van der Waals surface area contributed by atoms with Crippen molar-refractivity contribution in [2.24, 2.45) is 5.92 Å². The molecule has 0 N–H and O–H groups in total. The second-order valence-corrected chi connectivity index (χ2v) is 7.73. The lowest BCUT2D eigenvalue weighted by molar-refractivity contribution is -0.135. The normalized spacial score (nSPS) is 12.4. The van der Waals surface area contributed by atoms with Gasteiger partial charge in [0.25, 0.3) is 0 Å². The number of aryl methyl sites for hydroxylation is 1. The highest BCUT2D eigenvalue weighted by Gasteiger charge is 2.23. The summed E-state index contributed by atoms with van der Waals surface area (Å²) in [5.41, 5.74) is 3.77. The summed E-state index contributed by atoms with van der Waals surface area (Å²) in [6.07, 6.45) is 4.78. The summed E-state index contributed by atoms with van der Waals surface area (Å²) >= 11 is 0. The maximum Gasteiger partial charge on any atom is 0.223 e. The highest BCUT2D eigenvalue weighted by atomic mass is 16.2. The van der Waals surface area contributed by atoms with Gasteiger partial charge in [-0.2, -0.15) is 0 Å². The van der Waals surface area contributed by atoms with Gasteiger partial charge >= 0.3 is 0 Å². The Kier molecular flexibility index (Phi) is 7.50. The molecular weight excluding hydrogens is 320 g/mol. The Morgan fingerprint density at radius 2 is 1.92 bits per heavy atom.